The van der Waals surface area contributed by atoms with Crippen molar-refractivity contribution in [3.8, 4) is 0 Å². The van der Waals surface area contributed by atoms with Gasteiger partial charge >= 0.3 is 12.2 Å². The number of amides is 2. The van der Waals surface area contributed by atoms with Gasteiger partial charge < -0.3 is 19.9 Å². The number of nitrogens with zero attached hydrogens (tertiary/aromatic N) is 1. The minimum atomic E-state index is -4.51. The van der Waals surface area contributed by atoms with Gasteiger partial charge in [-0.3, -0.25) is 4.79 Å². The molecule has 2 heterocycles. The van der Waals surface area contributed by atoms with E-state index in [0.717, 1.165) is 32.1 Å². The van der Waals surface area contributed by atoms with E-state index < -0.39 is 24.3 Å². The van der Waals surface area contributed by atoms with Crippen LogP contribution in [0.5, 0.6) is 0 Å². The van der Waals surface area contributed by atoms with E-state index >= 15 is 0 Å². The van der Waals surface area contributed by atoms with E-state index in [1.807, 2.05) is 0 Å². The number of aromatic nitrogens is 1. The van der Waals surface area contributed by atoms with E-state index in [2.05, 4.69) is 10.6 Å². The first-order valence-electron chi connectivity index (χ1n) is 7.78. The number of hydrogen-bond acceptors (Lipinski definition) is 3. The third-order valence-corrected chi connectivity index (χ3v) is 3.64. The topological polar surface area (TPSA) is 72.4 Å². The lowest BCUT2D eigenvalue weighted by molar-refractivity contribution is -0.141. The summed E-state index contributed by atoms with van der Waals surface area (Å²) in [6.45, 7) is -0.318. The molecule has 1 aliphatic heterocycles. The van der Waals surface area contributed by atoms with Crippen molar-refractivity contribution in [3.05, 3.63) is 28.7 Å². The van der Waals surface area contributed by atoms with E-state index in [9.17, 15) is 22.8 Å². The van der Waals surface area contributed by atoms with E-state index in [4.69, 9.17) is 4.74 Å². The maximum atomic E-state index is 12.4. The Labute approximate surface area is 137 Å². The highest BCUT2D eigenvalue weighted by molar-refractivity contribution is 5.88. The van der Waals surface area contributed by atoms with Crippen LogP contribution in [0.3, 0.4) is 0 Å². The van der Waals surface area contributed by atoms with Crippen molar-refractivity contribution < 1.29 is 22.7 Å². The van der Waals surface area contributed by atoms with E-state index in [-0.39, 0.29) is 11.8 Å². The molecule has 1 fully saturated rings. The van der Waals surface area contributed by atoms with Crippen LogP contribution in [0, 0.1) is 0 Å². The summed E-state index contributed by atoms with van der Waals surface area (Å²) >= 11 is 0. The van der Waals surface area contributed by atoms with Gasteiger partial charge in [0, 0.05) is 19.3 Å². The Morgan fingerprint density at radius 2 is 2.17 bits per heavy atom. The normalized spacial score (nSPS) is 18.2. The molecule has 0 spiro atoms. The predicted molar refractivity (Wildman–Crippen MR) is 82.0 cm³/mol. The zero-order valence-electron chi connectivity index (χ0n) is 13.1. The summed E-state index contributed by atoms with van der Waals surface area (Å²) in [4.78, 5) is 23.7. The van der Waals surface area contributed by atoms with Crippen LogP contribution in [0.15, 0.2) is 23.1 Å². The van der Waals surface area contributed by atoms with E-state index in [1.165, 1.54) is 12.1 Å². The molecule has 0 radical (unpaired) electrons. The monoisotopic (exact) mass is 347 g/mol. The molecule has 1 aliphatic rings. The van der Waals surface area contributed by atoms with Gasteiger partial charge in [0.05, 0.1) is 6.10 Å². The average molecular weight is 347 g/mol. The standard InChI is InChI=1S/C15H20F3N3O3/c16-15(17,18)10-21-8-3-5-12(13(21)22)20-14(23)19-7-6-11-4-1-2-9-24-11/h3,5,8,11H,1-2,4,6-7,9-10H2,(H2,19,20,23)/t11-/m0/s1. The van der Waals surface area contributed by atoms with Gasteiger partial charge in [0.1, 0.15) is 12.2 Å². The lowest BCUT2D eigenvalue weighted by Crippen LogP contribution is -2.35. The van der Waals surface area contributed by atoms with Crippen LogP contribution in [-0.4, -0.2) is 36.0 Å². The fraction of sp³-hybridized carbons (Fsp3) is 0.600. The third kappa shape index (κ3) is 5.88. The first-order valence-corrected chi connectivity index (χ1v) is 7.78. The number of nitrogens with one attached hydrogen (secondary N) is 2. The van der Waals surface area contributed by atoms with Crippen molar-refractivity contribution in [2.45, 2.75) is 44.5 Å². The highest BCUT2D eigenvalue weighted by Gasteiger charge is 2.28. The van der Waals surface area contributed by atoms with Crippen LogP contribution in [0.1, 0.15) is 25.7 Å². The minimum absolute atomic E-state index is 0.111. The first kappa shape index (κ1) is 18.3. The number of alkyl halides is 3. The van der Waals surface area contributed by atoms with Gasteiger partial charge in [-0.15, -0.1) is 0 Å². The molecule has 134 valence electrons. The largest absolute Gasteiger partial charge is 0.406 e. The van der Waals surface area contributed by atoms with Crippen molar-refractivity contribution in [1.82, 2.24) is 9.88 Å². The highest BCUT2D eigenvalue weighted by atomic mass is 19.4. The molecule has 0 unspecified atom stereocenters. The van der Waals surface area contributed by atoms with E-state index in [0.29, 0.717) is 17.5 Å². The third-order valence-electron chi connectivity index (χ3n) is 3.64. The maximum Gasteiger partial charge on any atom is 0.406 e. The number of halogens is 3. The van der Waals surface area contributed by atoms with Gasteiger partial charge in [0.2, 0.25) is 0 Å². The van der Waals surface area contributed by atoms with Gasteiger partial charge in [-0.05, 0) is 37.8 Å². The summed E-state index contributed by atoms with van der Waals surface area (Å²) in [5, 5.41) is 4.86. The Morgan fingerprint density at radius 1 is 1.38 bits per heavy atom. The number of anilines is 1. The minimum Gasteiger partial charge on any atom is -0.378 e. The Hall–Kier alpha value is -2.03. The number of rotatable bonds is 5. The van der Waals surface area contributed by atoms with Crippen LogP contribution < -0.4 is 16.2 Å². The number of pyridine rings is 1. The molecule has 1 saturated heterocycles. The highest BCUT2D eigenvalue weighted by Crippen LogP contribution is 2.17. The van der Waals surface area contributed by atoms with E-state index in [1.54, 1.807) is 0 Å². The molecular formula is C15H20F3N3O3. The quantitative estimate of drug-likeness (QED) is 0.860. The van der Waals surface area contributed by atoms with Crippen molar-refractivity contribution >= 4 is 11.7 Å². The Morgan fingerprint density at radius 3 is 2.83 bits per heavy atom. The number of ether oxygens (including phenoxy) is 1. The summed E-state index contributed by atoms with van der Waals surface area (Å²) in [6, 6.07) is 1.91. The molecule has 0 saturated carbocycles. The number of hydrogen-bond donors (Lipinski definition) is 2. The molecule has 0 aromatic carbocycles. The molecule has 0 aliphatic carbocycles. The second-order valence-corrected chi connectivity index (χ2v) is 5.63. The smallest absolute Gasteiger partial charge is 0.378 e. The van der Waals surface area contributed by atoms with Crippen LogP contribution in [0.25, 0.3) is 0 Å². The van der Waals surface area contributed by atoms with Crippen LogP contribution >= 0.6 is 0 Å². The lowest BCUT2D eigenvalue weighted by Gasteiger charge is -2.22. The Bertz CT molecular complexity index is 610. The SMILES string of the molecule is O=C(NCC[C@@H]1CCCCO1)Nc1cccn(CC(F)(F)F)c1=O. The lowest BCUT2D eigenvalue weighted by atomic mass is 10.1. The molecule has 2 N–H and O–H groups in total. The molecule has 24 heavy (non-hydrogen) atoms. The molecule has 1 aromatic heterocycles. The second kappa shape index (κ2) is 8.18. The van der Waals surface area contributed by atoms with Gasteiger partial charge in [-0.1, -0.05) is 0 Å². The number of carbonyl (C=O) groups is 1. The summed E-state index contributed by atoms with van der Waals surface area (Å²) in [5.74, 6) is 0. The fourth-order valence-corrected chi connectivity index (χ4v) is 2.50. The van der Waals surface area contributed by atoms with Gasteiger partial charge in [-0.2, -0.15) is 13.2 Å². The average Bonchev–Trinajstić information content (AvgIpc) is 2.51. The maximum absolute atomic E-state index is 12.4. The van der Waals surface area contributed by atoms with Gasteiger partial charge in [0.15, 0.2) is 0 Å². The first-order chi connectivity index (χ1) is 11.3. The summed E-state index contributed by atoms with van der Waals surface area (Å²) in [7, 11) is 0. The summed E-state index contributed by atoms with van der Waals surface area (Å²) < 4.78 is 43.2. The molecular weight excluding hydrogens is 327 g/mol. The fourth-order valence-electron chi connectivity index (χ4n) is 2.50. The zero-order valence-corrected chi connectivity index (χ0v) is 13.1. The van der Waals surface area contributed by atoms with Gasteiger partial charge in [-0.25, -0.2) is 4.79 Å². The predicted octanol–water partition coefficient (Wildman–Crippen LogP) is 2.49. The molecule has 9 heteroatoms. The molecule has 2 amide bonds. The second-order valence-electron chi connectivity index (χ2n) is 5.63. The van der Waals surface area contributed by atoms with Gasteiger partial charge in [0.25, 0.3) is 5.56 Å². The van der Waals surface area contributed by atoms with Crippen LogP contribution in [0.2, 0.25) is 0 Å². The number of urea groups is 1. The van der Waals surface area contributed by atoms with Crippen molar-refractivity contribution in [3.63, 3.8) is 0 Å². The van der Waals surface area contributed by atoms with Crippen molar-refractivity contribution in [2.75, 3.05) is 18.5 Å². The summed E-state index contributed by atoms with van der Waals surface area (Å²) in [5.41, 5.74) is -1.10. The Balaban J connectivity index is 1.85. The molecule has 2 rings (SSSR count). The van der Waals surface area contributed by atoms with Crippen LogP contribution in [0.4, 0.5) is 23.7 Å². The molecule has 1 aromatic rings. The van der Waals surface area contributed by atoms with Crippen LogP contribution in [-0.2, 0) is 11.3 Å². The summed E-state index contributed by atoms with van der Waals surface area (Å²) in [6.07, 6.45) is 0.372. The van der Waals surface area contributed by atoms with Crippen molar-refractivity contribution in [1.29, 1.82) is 0 Å². The molecule has 6 nitrogen and oxygen atoms in total. The molecule has 1 atom stereocenters. The molecule has 0 bridgehead atoms. The van der Waals surface area contributed by atoms with Crippen molar-refractivity contribution in [2.24, 2.45) is 0 Å². The number of carbonyl (C=O) groups excluding carboxylic acids is 1. The zero-order chi connectivity index (χ0) is 17.6. The Kier molecular flexibility index (Phi) is 6.24.